The second kappa shape index (κ2) is 10.3. The maximum absolute atomic E-state index is 13.1. The number of nitrogens with zero attached hydrogens (tertiary/aromatic N) is 1. The highest BCUT2D eigenvalue weighted by Crippen LogP contribution is 2.33. The molecule has 4 nitrogen and oxygen atoms in total. The first-order valence-corrected chi connectivity index (χ1v) is 12.3. The summed E-state index contributed by atoms with van der Waals surface area (Å²) in [5.41, 5.74) is 2.28. The van der Waals surface area contributed by atoms with Crippen LogP contribution < -0.4 is 10.1 Å². The molecule has 1 N–H and O–H groups in total. The molecule has 1 fully saturated rings. The van der Waals surface area contributed by atoms with Crippen molar-refractivity contribution in [2.45, 2.75) is 6.61 Å². The minimum Gasteiger partial charge on any atom is -0.487 e. The molecule has 0 atom stereocenters. The molecular formula is C23H14F2I2N2O2S. The molecule has 0 unspecified atom stereocenters. The molecule has 1 heterocycles. The van der Waals surface area contributed by atoms with E-state index in [4.69, 9.17) is 4.74 Å². The Balaban J connectivity index is 1.49. The second-order valence-electron chi connectivity index (χ2n) is 6.69. The van der Waals surface area contributed by atoms with Crippen molar-refractivity contribution in [1.29, 1.82) is 0 Å². The molecule has 1 saturated heterocycles. The van der Waals surface area contributed by atoms with Crippen molar-refractivity contribution in [1.82, 2.24) is 5.32 Å². The number of amidine groups is 1. The average molecular weight is 674 g/mol. The third-order valence-corrected chi connectivity index (χ3v) is 6.84. The number of carbonyl (C=O) groups excluding carboxylic acids is 1. The van der Waals surface area contributed by atoms with Gasteiger partial charge in [0.1, 0.15) is 24.0 Å². The van der Waals surface area contributed by atoms with E-state index in [1.54, 1.807) is 30.3 Å². The lowest BCUT2D eigenvalue weighted by atomic mass is 10.2. The third kappa shape index (κ3) is 5.87. The fourth-order valence-electron chi connectivity index (χ4n) is 2.80. The van der Waals surface area contributed by atoms with Gasteiger partial charge in [-0.15, -0.1) is 0 Å². The Hall–Kier alpha value is -1.99. The Kier molecular flexibility index (Phi) is 7.46. The van der Waals surface area contributed by atoms with Crippen LogP contribution in [0, 0.1) is 18.8 Å². The molecule has 3 aromatic carbocycles. The van der Waals surface area contributed by atoms with E-state index in [0.29, 0.717) is 22.4 Å². The number of benzene rings is 3. The Bertz CT molecular complexity index is 1210. The van der Waals surface area contributed by atoms with Gasteiger partial charge in [0.25, 0.3) is 5.91 Å². The van der Waals surface area contributed by atoms with Crippen molar-refractivity contribution >= 4 is 79.8 Å². The molecular weight excluding hydrogens is 660 g/mol. The summed E-state index contributed by atoms with van der Waals surface area (Å²) >= 11 is 5.61. The van der Waals surface area contributed by atoms with Gasteiger partial charge in [0.05, 0.1) is 17.7 Å². The van der Waals surface area contributed by atoms with E-state index in [1.807, 2.05) is 12.1 Å². The van der Waals surface area contributed by atoms with Gasteiger partial charge in [-0.3, -0.25) is 4.79 Å². The van der Waals surface area contributed by atoms with Crippen LogP contribution in [0.25, 0.3) is 6.08 Å². The summed E-state index contributed by atoms with van der Waals surface area (Å²) in [6.07, 6.45) is 1.79. The first-order valence-electron chi connectivity index (χ1n) is 9.29. The van der Waals surface area contributed by atoms with E-state index in [9.17, 15) is 13.6 Å². The summed E-state index contributed by atoms with van der Waals surface area (Å²) in [7, 11) is 0. The number of ether oxygens (including phenoxy) is 1. The second-order valence-corrected chi connectivity index (χ2v) is 10.0. The van der Waals surface area contributed by atoms with Crippen LogP contribution >= 0.6 is 56.9 Å². The molecule has 1 aliphatic rings. The molecule has 0 saturated carbocycles. The van der Waals surface area contributed by atoms with E-state index in [1.165, 1.54) is 36.0 Å². The molecule has 1 aliphatic heterocycles. The molecule has 9 heteroatoms. The largest absolute Gasteiger partial charge is 0.487 e. The van der Waals surface area contributed by atoms with E-state index in [2.05, 4.69) is 55.5 Å². The van der Waals surface area contributed by atoms with Gasteiger partial charge >= 0.3 is 0 Å². The van der Waals surface area contributed by atoms with Crippen molar-refractivity contribution in [2.24, 2.45) is 4.99 Å². The van der Waals surface area contributed by atoms with Gasteiger partial charge < -0.3 is 10.1 Å². The van der Waals surface area contributed by atoms with E-state index >= 15 is 0 Å². The SMILES string of the molecule is O=C1NC(=Nc2ccc(F)cc2)S/C1=C/c1cc(I)c(OCc2ccc(F)cc2)c(I)c1. The van der Waals surface area contributed by atoms with Gasteiger partial charge in [-0.2, -0.15) is 0 Å². The van der Waals surface area contributed by atoms with Crippen molar-refractivity contribution in [3.05, 3.63) is 95.5 Å². The molecule has 0 bridgehead atoms. The third-order valence-electron chi connectivity index (χ3n) is 4.32. The van der Waals surface area contributed by atoms with Crippen LogP contribution in [0.3, 0.4) is 0 Å². The summed E-state index contributed by atoms with van der Waals surface area (Å²) in [6.45, 7) is 0.328. The average Bonchev–Trinajstić information content (AvgIpc) is 3.09. The zero-order valence-corrected chi connectivity index (χ0v) is 21.4. The zero-order chi connectivity index (χ0) is 22.7. The van der Waals surface area contributed by atoms with Crippen molar-refractivity contribution < 1.29 is 18.3 Å². The topological polar surface area (TPSA) is 50.7 Å². The fraction of sp³-hybridized carbons (Fsp3) is 0.0435. The van der Waals surface area contributed by atoms with E-state index in [-0.39, 0.29) is 17.5 Å². The standard InChI is InChI=1S/C23H14F2I2N2O2S/c24-15-3-1-13(2-4-15)12-31-21-18(26)9-14(10-19(21)27)11-20-22(30)29-23(32-20)28-17-7-5-16(25)6-8-17/h1-11H,12H2,(H,28,29,30)/b20-11+. The number of nitrogens with one attached hydrogen (secondary N) is 1. The van der Waals surface area contributed by atoms with Crippen LogP contribution in [-0.2, 0) is 11.4 Å². The highest BCUT2D eigenvalue weighted by molar-refractivity contribution is 14.1. The van der Waals surface area contributed by atoms with E-state index in [0.717, 1.165) is 24.0 Å². The van der Waals surface area contributed by atoms with Gasteiger partial charge in [0.15, 0.2) is 5.17 Å². The molecule has 32 heavy (non-hydrogen) atoms. The van der Waals surface area contributed by atoms with Crippen LogP contribution in [-0.4, -0.2) is 11.1 Å². The fourth-order valence-corrected chi connectivity index (χ4v) is 5.77. The summed E-state index contributed by atoms with van der Waals surface area (Å²) < 4.78 is 33.9. The summed E-state index contributed by atoms with van der Waals surface area (Å²) in [6, 6.07) is 15.8. The lowest BCUT2D eigenvalue weighted by molar-refractivity contribution is -0.115. The van der Waals surface area contributed by atoms with Crippen LogP contribution in [0.5, 0.6) is 5.75 Å². The normalized spacial score (nSPS) is 15.9. The molecule has 162 valence electrons. The minimum absolute atomic E-state index is 0.238. The van der Waals surface area contributed by atoms with E-state index < -0.39 is 0 Å². The molecule has 0 aliphatic carbocycles. The number of hydrogen-bond donors (Lipinski definition) is 1. The minimum atomic E-state index is -0.341. The number of rotatable bonds is 5. The smallest absolute Gasteiger partial charge is 0.264 e. The Morgan fingerprint density at radius 3 is 2.19 bits per heavy atom. The number of aliphatic imine (C=N–C) groups is 1. The molecule has 0 aromatic heterocycles. The van der Waals surface area contributed by atoms with Crippen molar-refractivity contribution in [2.75, 3.05) is 0 Å². The monoisotopic (exact) mass is 674 g/mol. The first-order chi connectivity index (χ1) is 15.4. The van der Waals surface area contributed by atoms with Crippen LogP contribution in [0.15, 0.2) is 70.6 Å². The van der Waals surface area contributed by atoms with Crippen LogP contribution in [0.1, 0.15) is 11.1 Å². The number of hydrogen-bond acceptors (Lipinski definition) is 4. The van der Waals surface area contributed by atoms with Gasteiger partial charge in [-0.1, -0.05) is 12.1 Å². The van der Waals surface area contributed by atoms with Crippen LogP contribution in [0.4, 0.5) is 14.5 Å². The van der Waals surface area contributed by atoms with Gasteiger partial charge in [0, 0.05) is 0 Å². The summed E-state index contributed by atoms with van der Waals surface area (Å²) in [4.78, 5) is 17.2. The molecule has 4 rings (SSSR count). The zero-order valence-electron chi connectivity index (χ0n) is 16.2. The first kappa shape index (κ1) is 23.2. The van der Waals surface area contributed by atoms with Crippen molar-refractivity contribution in [3.8, 4) is 5.75 Å². The highest BCUT2D eigenvalue weighted by Gasteiger charge is 2.24. The molecule has 0 spiro atoms. The van der Waals surface area contributed by atoms with Crippen LogP contribution in [0.2, 0.25) is 0 Å². The number of halogens is 4. The summed E-state index contributed by atoms with van der Waals surface area (Å²) in [5, 5.41) is 3.17. The maximum atomic E-state index is 13.1. The quantitative estimate of drug-likeness (QED) is 0.244. The molecule has 3 aromatic rings. The van der Waals surface area contributed by atoms with Gasteiger partial charge in [-0.05, 0) is 123 Å². The number of amides is 1. The predicted octanol–water partition coefficient (Wildman–Crippen LogP) is 6.64. The Labute approximate surface area is 214 Å². The number of thioether (sulfide) groups is 1. The highest BCUT2D eigenvalue weighted by atomic mass is 127. The summed E-state index contributed by atoms with van der Waals surface area (Å²) in [5.74, 6) is -0.126. The molecule has 0 radical (unpaired) electrons. The predicted molar refractivity (Wildman–Crippen MR) is 140 cm³/mol. The number of carbonyl (C=O) groups is 1. The van der Waals surface area contributed by atoms with Crippen molar-refractivity contribution in [3.63, 3.8) is 0 Å². The Morgan fingerprint density at radius 2 is 1.56 bits per heavy atom. The lowest BCUT2D eigenvalue weighted by Gasteiger charge is -2.12. The van der Waals surface area contributed by atoms with Gasteiger partial charge in [-0.25, -0.2) is 13.8 Å². The molecule has 1 amide bonds. The Morgan fingerprint density at radius 1 is 0.969 bits per heavy atom. The van der Waals surface area contributed by atoms with Gasteiger partial charge in [0.2, 0.25) is 0 Å². The lowest BCUT2D eigenvalue weighted by Crippen LogP contribution is -2.19. The maximum Gasteiger partial charge on any atom is 0.264 e.